The van der Waals surface area contributed by atoms with Gasteiger partial charge in [-0.25, -0.2) is 4.98 Å². The number of rotatable bonds is 9. The molecule has 0 saturated carbocycles. The molecular formula is C22H26ClN3O2. The number of benzene rings is 2. The first-order valence-corrected chi connectivity index (χ1v) is 9.98. The number of ether oxygens (including phenoxy) is 1. The van der Waals surface area contributed by atoms with E-state index in [0.29, 0.717) is 24.6 Å². The number of para-hydroxylation sites is 2. The van der Waals surface area contributed by atoms with Crippen molar-refractivity contribution in [2.45, 2.75) is 32.2 Å². The molecule has 0 radical (unpaired) electrons. The number of methoxy groups -OCH3 is 1. The Morgan fingerprint density at radius 2 is 2.07 bits per heavy atom. The van der Waals surface area contributed by atoms with Gasteiger partial charge >= 0.3 is 0 Å². The second-order valence-electron chi connectivity index (χ2n) is 6.78. The number of imidazole rings is 1. The average molecular weight is 400 g/mol. The van der Waals surface area contributed by atoms with Gasteiger partial charge in [-0.05, 0) is 36.2 Å². The van der Waals surface area contributed by atoms with Crippen LogP contribution in [0.2, 0.25) is 5.02 Å². The Bertz CT molecular complexity index is 938. The fourth-order valence-electron chi connectivity index (χ4n) is 3.44. The molecule has 0 aliphatic heterocycles. The van der Waals surface area contributed by atoms with E-state index in [1.807, 2.05) is 48.5 Å². The predicted molar refractivity (Wildman–Crippen MR) is 113 cm³/mol. The van der Waals surface area contributed by atoms with Crippen molar-refractivity contribution < 1.29 is 9.53 Å². The van der Waals surface area contributed by atoms with Crippen molar-refractivity contribution >= 4 is 28.5 Å². The lowest BCUT2D eigenvalue weighted by molar-refractivity contribution is -0.124. The fraction of sp³-hybridized carbons (Fsp3) is 0.364. The van der Waals surface area contributed by atoms with Gasteiger partial charge in [0.2, 0.25) is 5.91 Å². The van der Waals surface area contributed by atoms with Gasteiger partial charge in [0.25, 0.3) is 0 Å². The third-order valence-corrected chi connectivity index (χ3v) is 4.94. The summed E-state index contributed by atoms with van der Waals surface area (Å²) in [5.74, 6) is 0.859. The summed E-state index contributed by atoms with van der Waals surface area (Å²) in [7, 11) is 1.63. The van der Waals surface area contributed by atoms with Crippen LogP contribution in [0.5, 0.6) is 0 Å². The van der Waals surface area contributed by atoms with Gasteiger partial charge in [-0.1, -0.05) is 49.2 Å². The van der Waals surface area contributed by atoms with E-state index < -0.39 is 0 Å². The SMILES string of the molecule is CCC[C@@H](C(=O)NCCOC)n1c(Cc2cccc(Cl)c2)nc2ccccc21. The predicted octanol–water partition coefficient (Wildman–Crippen LogP) is 4.38. The average Bonchev–Trinajstić information content (AvgIpc) is 3.04. The lowest BCUT2D eigenvalue weighted by atomic mass is 10.1. The van der Waals surface area contributed by atoms with Gasteiger partial charge < -0.3 is 14.6 Å². The smallest absolute Gasteiger partial charge is 0.243 e. The Morgan fingerprint density at radius 1 is 1.25 bits per heavy atom. The summed E-state index contributed by atoms with van der Waals surface area (Å²) < 4.78 is 7.15. The van der Waals surface area contributed by atoms with Gasteiger partial charge in [-0.15, -0.1) is 0 Å². The van der Waals surface area contributed by atoms with Crippen LogP contribution in [-0.2, 0) is 16.0 Å². The highest BCUT2D eigenvalue weighted by molar-refractivity contribution is 6.30. The van der Waals surface area contributed by atoms with Crippen LogP contribution in [-0.4, -0.2) is 35.7 Å². The zero-order valence-corrected chi connectivity index (χ0v) is 17.1. The van der Waals surface area contributed by atoms with Crippen LogP contribution in [0.3, 0.4) is 0 Å². The largest absolute Gasteiger partial charge is 0.383 e. The zero-order valence-electron chi connectivity index (χ0n) is 16.3. The number of fused-ring (bicyclic) bond motifs is 1. The molecule has 2 aromatic carbocycles. The van der Waals surface area contributed by atoms with Crippen LogP contribution in [0.1, 0.15) is 37.2 Å². The summed E-state index contributed by atoms with van der Waals surface area (Å²) >= 11 is 6.16. The number of hydrogen-bond donors (Lipinski definition) is 1. The molecule has 0 spiro atoms. The van der Waals surface area contributed by atoms with E-state index >= 15 is 0 Å². The molecule has 0 unspecified atom stereocenters. The molecule has 0 aliphatic rings. The van der Waals surface area contributed by atoms with Crippen LogP contribution in [0.4, 0.5) is 0 Å². The van der Waals surface area contributed by atoms with Crippen molar-refractivity contribution in [1.29, 1.82) is 0 Å². The summed E-state index contributed by atoms with van der Waals surface area (Å²) in [6.45, 7) is 3.07. The van der Waals surface area contributed by atoms with Crippen molar-refractivity contribution in [3.05, 3.63) is 64.9 Å². The highest BCUT2D eigenvalue weighted by Gasteiger charge is 2.24. The topological polar surface area (TPSA) is 56.1 Å². The van der Waals surface area contributed by atoms with Crippen molar-refractivity contribution in [2.24, 2.45) is 0 Å². The number of halogens is 1. The first kappa shape index (κ1) is 20.4. The lowest BCUT2D eigenvalue weighted by Crippen LogP contribution is -2.35. The lowest BCUT2D eigenvalue weighted by Gasteiger charge is -2.21. The third-order valence-electron chi connectivity index (χ3n) is 4.70. The van der Waals surface area contributed by atoms with E-state index in [-0.39, 0.29) is 11.9 Å². The van der Waals surface area contributed by atoms with E-state index in [1.165, 1.54) is 0 Å². The van der Waals surface area contributed by atoms with E-state index in [1.54, 1.807) is 7.11 Å². The fourth-order valence-corrected chi connectivity index (χ4v) is 3.65. The molecule has 1 aromatic heterocycles. The number of hydrogen-bond acceptors (Lipinski definition) is 3. The molecular weight excluding hydrogens is 374 g/mol. The number of aromatic nitrogens is 2. The van der Waals surface area contributed by atoms with Gasteiger partial charge in [0.1, 0.15) is 11.9 Å². The molecule has 0 bridgehead atoms. The molecule has 0 fully saturated rings. The van der Waals surface area contributed by atoms with Gasteiger partial charge in [0.15, 0.2) is 0 Å². The van der Waals surface area contributed by atoms with Gasteiger partial charge in [0, 0.05) is 25.1 Å². The van der Waals surface area contributed by atoms with E-state index in [9.17, 15) is 4.79 Å². The Morgan fingerprint density at radius 3 is 2.82 bits per heavy atom. The molecule has 1 amide bonds. The number of amides is 1. The molecule has 3 rings (SSSR count). The molecule has 1 N–H and O–H groups in total. The van der Waals surface area contributed by atoms with Crippen LogP contribution in [0, 0.1) is 0 Å². The van der Waals surface area contributed by atoms with Crippen LogP contribution in [0.15, 0.2) is 48.5 Å². The highest BCUT2D eigenvalue weighted by Crippen LogP contribution is 2.26. The van der Waals surface area contributed by atoms with Crippen molar-refractivity contribution in [3.8, 4) is 0 Å². The van der Waals surface area contributed by atoms with Gasteiger partial charge in [-0.3, -0.25) is 4.79 Å². The second kappa shape index (κ2) is 9.71. The van der Waals surface area contributed by atoms with Gasteiger partial charge in [-0.2, -0.15) is 0 Å². The molecule has 28 heavy (non-hydrogen) atoms. The quantitative estimate of drug-likeness (QED) is 0.543. The summed E-state index contributed by atoms with van der Waals surface area (Å²) in [5, 5.41) is 3.68. The number of nitrogens with one attached hydrogen (secondary N) is 1. The minimum absolute atomic E-state index is 0.00519. The maximum atomic E-state index is 13.0. The number of carbonyl (C=O) groups is 1. The maximum absolute atomic E-state index is 13.0. The van der Waals surface area contributed by atoms with Crippen molar-refractivity contribution in [3.63, 3.8) is 0 Å². The standard InChI is InChI=1S/C22H26ClN3O2/c1-3-7-20(22(27)24-12-13-28-2)26-19-11-5-4-10-18(19)25-21(26)15-16-8-6-9-17(23)14-16/h4-6,8-11,14,20H,3,7,12-13,15H2,1-2H3,(H,24,27)/t20-/m0/s1. The molecule has 5 nitrogen and oxygen atoms in total. The summed E-state index contributed by atoms with van der Waals surface area (Å²) in [6, 6.07) is 15.4. The maximum Gasteiger partial charge on any atom is 0.243 e. The van der Waals surface area contributed by atoms with E-state index in [2.05, 4.69) is 16.8 Å². The number of nitrogens with zero attached hydrogens (tertiary/aromatic N) is 2. The van der Waals surface area contributed by atoms with Crippen molar-refractivity contribution in [2.75, 3.05) is 20.3 Å². The van der Waals surface area contributed by atoms with E-state index in [0.717, 1.165) is 35.3 Å². The van der Waals surface area contributed by atoms with Crippen molar-refractivity contribution in [1.82, 2.24) is 14.9 Å². The number of carbonyl (C=O) groups excluding carboxylic acids is 1. The highest BCUT2D eigenvalue weighted by atomic mass is 35.5. The Balaban J connectivity index is 2.01. The first-order chi connectivity index (χ1) is 13.6. The molecule has 6 heteroatoms. The molecule has 1 atom stereocenters. The molecule has 1 heterocycles. The Kier molecular flexibility index (Phi) is 7.06. The summed E-state index contributed by atoms with van der Waals surface area (Å²) in [5.41, 5.74) is 2.93. The summed E-state index contributed by atoms with van der Waals surface area (Å²) in [4.78, 5) is 17.8. The van der Waals surface area contributed by atoms with Crippen LogP contribution in [0.25, 0.3) is 11.0 Å². The Hall–Kier alpha value is -2.37. The monoisotopic (exact) mass is 399 g/mol. The molecule has 3 aromatic rings. The van der Waals surface area contributed by atoms with E-state index in [4.69, 9.17) is 21.3 Å². The third kappa shape index (κ3) is 4.72. The summed E-state index contributed by atoms with van der Waals surface area (Å²) in [6.07, 6.45) is 2.24. The first-order valence-electron chi connectivity index (χ1n) is 9.61. The Labute approximate surface area is 170 Å². The van der Waals surface area contributed by atoms with Crippen LogP contribution < -0.4 is 5.32 Å². The molecule has 0 aliphatic carbocycles. The second-order valence-corrected chi connectivity index (χ2v) is 7.22. The minimum Gasteiger partial charge on any atom is -0.383 e. The zero-order chi connectivity index (χ0) is 19.9. The normalized spacial score (nSPS) is 12.2. The van der Waals surface area contributed by atoms with Gasteiger partial charge in [0.05, 0.1) is 17.6 Å². The molecule has 148 valence electrons. The molecule has 0 saturated heterocycles. The minimum atomic E-state index is -0.316. The van der Waals surface area contributed by atoms with Crippen LogP contribution >= 0.6 is 11.6 Å².